The smallest absolute Gasteiger partial charge is 0.255 e. The van der Waals surface area contributed by atoms with E-state index in [1.807, 2.05) is 0 Å². The van der Waals surface area contributed by atoms with Gasteiger partial charge in [-0.25, -0.2) is 0 Å². The molecule has 0 spiro atoms. The number of amides is 3. The molecule has 1 atom stereocenters. The second-order valence-corrected chi connectivity index (χ2v) is 8.15. The Bertz CT molecular complexity index is 1390. The lowest BCUT2D eigenvalue weighted by atomic mass is 10.0. The largest absolute Gasteiger partial charge is 0.497 e. The SMILES string of the molecule is COc1ccc(NC(=O)C(NC(=O)c2ccccc2)c2ccc(C(=O)Nc3ccccc3N)cc2)cc1. The number of ether oxygens (including phenoxy) is 1. The van der Waals surface area contributed by atoms with Crippen LogP contribution < -0.4 is 26.4 Å². The van der Waals surface area contributed by atoms with Crippen molar-refractivity contribution in [1.29, 1.82) is 0 Å². The summed E-state index contributed by atoms with van der Waals surface area (Å²) < 4.78 is 5.16. The number of nitrogens with one attached hydrogen (secondary N) is 3. The Morgan fingerprint density at radius 3 is 1.97 bits per heavy atom. The van der Waals surface area contributed by atoms with Gasteiger partial charge in [0, 0.05) is 16.8 Å². The van der Waals surface area contributed by atoms with Crippen molar-refractivity contribution in [2.24, 2.45) is 0 Å². The normalized spacial score (nSPS) is 11.2. The average molecular weight is 495 g/mol. The Morgan fingerprint density at radius 1 is 0.703 bits per heavy atom. The predicted molar refractivity (Wildman–Crippen MR) is 144 cm³/mol. The summed E-state index contributed by atoms with van der Waals surface area (Å²) in [6.07, 6.45) is 0. The topological polar surface area (TPSA) is 123 Å². The van der Waals surface area contributed by atoms with Crippen LogP contribution in [0.1, 0.15) is 32.3 Å². The first-order valence-electron chi connectivity index (χ1n) is 11.5. The molecule has 5 N–H and O–H groups in total. The fourth-order valence-corrected chi connectivity index (χ4v) is 3.63. The highest BCUT2D eigenvalue weighted by Crippen LogP contribution is 2.22. The van der Waals surface area contributed by atoms with Gasteiger partial charge in [-0.15, -0.1) is 0 Å². The summed E-state index contributed by atoms with van der Waals surface area (Å²) >= 11 is 0. The molecule has 186 valence electrons. The maximum absolute atomic E-state index is 13.3. The van der Waals surface area contributed by atoms with Crippen LogP contribution in [0.3, 0.4) is 0 Å². The molecule has 8 nitrogen and oxygen atoms in total. The molecule has 0 radical (unpaired) electrons. The van der Waals surface area contributed by atoms with E-state index >= 15 is 0 Å². The van der Waals surface area contributed by atoms with Gasteiger partial charge in [-0.1, -0.05) is 42.5 Å². The van der Waals surface area contributed by atoms with Crippen LogP contribution in [0.4, 0.5) is 17.1 Å². The number of benzene rings is 4. The van der Waals surface area contributed by atoms with E-state index in [4.69, 9.17) is 10.5 Å². The summed E-state index contributed by atoms with van der Waals surface area (Å²) in [4.78, 5) is 38.9. The molecule has 37 heavy (non-hydrogen) atoms. The van der Waals surface area contributed by atoms with Crippen molar-refractivity contribution in [3.63, 3.8) is 0 Å². The van der Waals surface area contributed by atoms with Gasteiger partial charge in [-0.05, 0) is 66.2 Å². The summed E-state index contributed by atoms with van der Waals surface area (Å²) in [6.45, 7) is 0. The standard InChI is InChI=1S/C29H26N4O4/c1-37-23-17-15-22(16-18-23)31-29(36)26(33-28(35)20-7-3-2-4-8-20)19-11-13-21(14-12-19)27(34)32-25-10-6-5-9-24(25)30/h2-18,26H,30H2,1H3,(H,31,36)(H,32,34)(H,33,35). The van der Waals surface area contributed by atoms with Crippen LogP contribution in [0, 0.1) is 0 Å². The van der Waals surface area contributed by atoms with Crippen LogP contribution in [0.5, 0.6) is 5.75 Å². The molecular formula is C29H26N4O4. The molecule has 0 aliphatic heterocycles. The number of nitrogens with two attached hydrogens (primary N) is 1. The molecular weight excluding hydrogens is 468 g/mol. The molecule has 3 amide bonds. The number of rotatable bonds is 8. The molecule has 0 bridgehead atoms. The van der Waals surface area contributed by atoms with Gasteiger partial charge in [0.15, 0.2) is 0 Å². The molecule has 0 saturated carbocycles. The zero-order valence-corrected chi connectivity index (χ0v) is 20.1. The van der Waals surface area contributed by atoms with Crippen LogP contribution in [0.25, 0.3) is 0 Å². The number of hydrogen-bond donors (Lipinski definition) is 4. The third-order valence-corrected chi connectivity index (χ3v) is 5.65. The van der Waals surface area contributed by atoms with Gasteiger partial charge in [-0.3, -0.25) is 14.4 Å². The van der Waals surface area contributed by atoms with Gasteiger partial charge < -0.3 is 26.4 Å². The summed E-state index contributed by atoms with van der Waals surface area (Å²) in [6, 6.07) is 27.9. The van der Waals surface area contributed by atoms with Crippen LogP contribution in [0.2, 0.25) is 0 Å². The van der Waals surface area contributed by atoms with Crippen molar-refractivity contribution in [3.8, 4) is 5.75 Å². The first-order chi connectivity index (χ1) is 17.9. The monoisotopic (exact) mass is 494 g/mol. The Morgan fingerprint density at radius 2 is 1.32 bits per heavy atom. The van der Waals surface area contributed by atoms with Crippen molar-refractivity contribution in [1.82, 2.24) is 5.32 Å². The highest BCUT2D eigenvalue weighted by molar-refractivity contribution is 6.06. The third kappa shape index (κ3) is 6.32. The van der Waals surface area contributed by atoms with E-state index in [1.165, 1.54) is 0 Å². The maximum Gasteiger partial charge on any atom is 0.255 e. The van der Waals surface area contributed by atoms with E-state index in [-0.39, 0.29) is 5.91 Å². The van der Waals surface area contributed by atoms with E-state index in [1.54, 1.807) is 110 Å². The highest BCUT2D eigenvalue weighted by Gasteiger charge is 2.24. The van der Waals surface area contributed by atoms with Gasteiger partial charge in [0.25, 0.3) is 17.7 Å². The van der Waals surface area contributed by atoms with E-state index in [0.717, 1.165) is 0 Å². The lowest BCUT2D eigenvalue weighted by Gasteiger charge is -2.19. The van der Waals surface area contributed by atoms with Crippen molar-refractivity contribution in [2.45, 2.75) is 6.04 Å². The summed E-state index contributed by atoms with van der Waals surface area (Å²) in [5, 5.41) is 8.39. The van der Waals surface area contributed by atoms with Crippen molar-refractivity contribution in [3.05, 3.63) is 120 Å². The average Bonchev–Trinajstić information content (AvgIpc) is 2.93. The molecule has 0 fully saturated rings. The van der Waals surface area contributed by atoms with Crippen molar-refractivity contribution >= 4 is 34.8 Å². The molecule has 8 heteroatoms. The second kappa shape index (κ2) is 11.5. The van der Waals surface area contributed by atoms with E-state index in [2.05, 4.69) is 16.0 Å². The van der Waals surface area contributed by atoms with Gasteiger partial charge >= 0.3 is 0 Å². The number of methoxy groups -OCH3 is 1. The maximum atomic E-state index is 13.3. The summed E-state index contributed by atoms with van der Waals surface area (Å²) in [5.41, 5.74) is 8.70. The Balaban J connectivity index is 1.56. The third-order valence-electron chi connectivity index (χ3n) is 5.65. The number of hydrogen-bond acceptors (Lipinski definition) is 5. The molecule has 0 aliphatic carbocycles. The first kappa shape index (κ1) is 25.0. The Kier molecular flexibility index (Phi) is 7.80. The fourth-order valence-electron chi connectivity index (χ4n) is 3.63. The quantitative estimate of drug-likeness (QED) is 0.266. The molecule has 4 aromatic carbocycles. The molecule has 1 unspecified atom stereocenters. The Labute approximate surface area is 214 Å². The van der Waals surface area contributed by atoms with Gasteiger partial charge in [0.05, 0.1) is 18.5 Å². The molecule has 0 heterocycles. The summed E-state index contributed by atoms with van der Waals surface area (Å²) in [5.74, 6) is -0.546. The van der Waals surface area contributed by atoms with Gasteiger partial charge in [0.2, 0.25) is 0 Å². The minimum absolute atomic E-state index is 0.350. The van der Waals surface area contributed by atoms with Crippen LogP contribution in [0.15, 0.2) is 103 Å². The van der Waals surface area contributed by atoms with Crippen molar-refractivity contribution < 1.29 is 19.1 Å². The van der Waals surface area contributed by atoms with Crippen molar-refractivity contribution in [2.75, 3.05) is 23.5 Å². The minimum Gasteiger partial charge on any atom is -0.497 e. The van der Waals surface area contributed by atoms with Crippen LogP contribution in [-0.2, 0) is 4.79 Å². The number of carbonyl (C=O) groups excluding carboxylic acids is 3. The van der Waals surface area contributed by atoms with E-state index in [0.29, 0.717) is 39.5 Å². The zero-order valence-electron chi connectivity index (χ0n) is 20.1. The Hall–Kier alpha value is -5.11. The lowest BCUT2D eigenvalue weighted by molar-refractivity contribution is -0.118. The van der Waals surface area contributed by atoms with Gasteiger partial charge in [0.1, 0.15) is 11.8 Å². The number of carbonyl (C=O) groups is 3. The van der Waals surface area contributed by atoms with Gasteiger partial charge in [-0.2, -0.15) is 0 Å². The number of anilines is 3. The predicted octanol–water partition coefficient (Wildman–Crippen LogP) is 4.64. The lowest BCUT2D eigenvalue weighted by Crippen LogP contribution is -2.37. The molecule has 4 rings (SSSR count). The fraction of sp³-hybridized carbons (Fsp3) is 0.0690. The molecule has 0 aliphatic rings. The first-order valence-corrected chi connectivity index (χ1v) is 11.5. The summed E-state index contributed by atoms with van der Waals surface area (Å²) in [7, 11) is 1.56. The molecule has 0 aromatic heterocycles. The number of para-hydroxylation sites is 2. The van der Waals surface area contributed by atoms with Crippen LogP contribution in [-0.4, -0.2) is 24.8 Å². The molecule has 0 saturated heterocycles. The number of nitrogen functional groups attached to an aromatic ring is 1. The molecule has 4 aromatic rings. The second-order valence-electron chi connectivity index (χ2n) is 8.15. The van der Waals surface area contributed by atoms with E-state index < -0.39 is 17.9 Å². The van der Waals surface area contributed by atoms with E-state index in [9.17, 15) is 14.4 Å². The highest BCUT2D eigenvalue weighted by atomic mass is 16.5. The zero-order chi connectivity index (χ0) is 26.2. The van der Waals surface area contributed by atoms with Crippen LogP contribution >= 0.6 is 0 Å². The minimum atomic E-state index is -1.02.